The molecule has 0 aliphatic rings. The molecule has 0 atom stereocenters. The Bertz CT molecular complexity index is 773. The second-order valence-corrected chi connectivity index (χ2v) is 6.38. The zero-order chi connectivity index (χ0) is 15.0. The van der Waals surface area contributed by atoms with Crippen molar-refractivity contribution in [3.8, 4) is 5.69 Å². The SMILES string of the molecule is CCc1c(Cl)[nH]c(=O)n(-c2c(Br)cc(C)cc2Br)c1=O. The molecule has 0 saturated carbocycles. The van der Waals surface area contributed by atoms with Gasteiger partial charge in [0, 0.05) is 8.95 Å². The molecule has 0 unspecified atom stereocenters. The van der Waals surface area contributed by atoms with E-state index in [1.807, 2.05) is 26.0 Å². The maximum atomic E-state index is 12.4. The second kappa shape index (κ2) is 5.87. The average Bonchev–Trinajstić information content (AvgIpc) is 2.32. The van der Waals surface area contributed by atoms with Gasteiger partial charge in [0.1, 0.15) is 5.15 Å². The fourth-order valence-corrected chi connectivity index (χ4v) is 4.03. The molecule has 2 aromatic rings. The van der Waals surface area contributed by atoms with Crippen molar-refractivity contribution in [2.45, 2.75) is 20.3 Å². The number of hydrogen-bond acceptors (Lipinski definition) is 2. The molecular weight excluding hydrogens is 411 g/mol. The number of aromatic nitrogens is 2. The van der Waals surface area contributed by atoms with Crippen LogP contribution in [0.5, 0.6) is 0 Å². The first kappa shape index (κ1) is 15.5. The lowest BCUT2D eigenvalue weighted by Crippen LogP contribution is -2.36. The van der Waals surface area contributed by atoms with Gasteiger partial charge in [0.15, 0.2) is 0 Å². The quantitative estimate of drug-likeness (QED) is 0.753. The van der Waals surface area contributed by atoms with Crippen LogP contribution in [0.3, 0.4) is 0 Å². The van der Waals surface area contributed by atoms with Gasteiger partial charge in [-0.15, -0.1) is 0 Å². The Kier molecular flexibility index (Phi) is 4.56. The number of rotatable bonds is 2. The fraction of sp³-hybridized carbons (Fsp3) is 0.231. The Balaban J connectivity index is 2.91. The van der Waals surface area contributed by atoms with Crippen LogP contribution < -0.4 is 11.2 Å². The van der Waals surface area contributed by atoms with Crippen LogP contribution in [0, 0.1) is 6.92 Å². The van der Waals surface area contributed by atoms with E-state index in [9.17, 15) is 9.59 Å². The minimum atomic E-state index is -0.567. The van der Waals surface area contributed by atoms with E-state index in [0.29, 0.717) is 26.6 Å². The molecule has 7 heteroatoms. The van der Waals surface area contributed by atoms with Crippen LogP contribution in [0.1, 0.15) is 18.1 Å². The van der Waals surface area contributed by atoms with Crippen LogP contribution in [0.25, 0.3) is 5.69 Å². The van der Waals surface area contributed by atoms with Gasteiger partial charge in [-0.25, -0.2) is 9.36 Å². The monoisotopic (exact) mass is 420 g/mol. The molecule has 106 valence electrons. The topological polar surface area (TPSA) is 54.9 Å². The van der Waals surface area contributed by atoms with Gasteiger partial charge >= 0.3 is 5.69 Å². The third-order valence-electron chi connectivity index (χ3n) is 2.88. The van der Waals surface area contributed by atoms with Crippen molar-refractivity contribution in [2.24, 2.45) is 0 Å². The average molecular weight is 423 g/mol. The molecule has 20 heavy (non-hydrogen) atoms. The summed E-state index contributed by atoms with van der Waals surface area (Å²) in [6.07, 6.45) is 0.440. The van der Waals surface area contributed by atoms with Crippen molar-refractivity contribution >= 4 is 43.5 Å². The number of H-pyrrole nitrogens is 1. The highest BCUT2D eigenvalue weighted by Gasteiger charge is 2.17. The predicted octanol–water partition coefficient (Wildman–Crippen LogP) is 3.58. The van der Waals surface area contributed by atoms with E-state index in [4.69, 9.17) is 11.6 Å². The lowest BCUT2D eigenvalue weighted by atomic mass is 10.2. The smallest absolute Gasteiger partial charge is 0.297 e. The highest BCUT2D eigenvalue weighted by Crippen LogP contribution is 2.29. The first-order chi connectivity index (χ1) is 9.36. The molecule has 4 nitrogen and oxygen atoms in total. The number of nitrogens with zero attached hydrogens (tertiary/aromatic N) is 1. The van der Waals surface area contributed by atoms with Crippen molar-refractivity contribution < 1.29 is 0 Å². The van der Waals surface area contributed by atoms with Gasteiger partial charge in [0.25, 0.3) is 5.56 Å². The van der Waals surface area contributed by atoms with Gasteiger partial charge in [0.05, 0.1) is 11.3 Å². The molecule has 2 rings (SSSR count). The molecule has 0 amide bonds. The number of benzene rings is 1. The molecule has 1 N–H and O–H groups in total. The third-order valence-corrected chi connectivity index (χ3v) is 4.42. The highest BCUT2D eigenvalue weighted by atomic mass is 79.9. The summed E-state index contributed by atoms with van der Waals surface area (Å²) >= 11 is 12.7. The van der Waals surface area contributed by atoms with E-state index in [2.05, 4.69) is 36.8 Å². The minimum absolute atomic E-state index is 0.0955. The summed E-state index contributed by atoms with van der Waals surface area (Å²) in [5, 5.41) is 0.0955. The van der Waals surface area contributed by atoms with Crippen molar-refractivity contribution in [3.05, 3.63) is 58.2 Å². The Morgan fingerprint density at radius 1 is 1.25 bits per heavy atom. The van der Waals surface area contributed by atoms with Crippen LogP contribution in [-0.4, -0.2) is 9.55 Å². The summed E-state index contributed by atoms with van der Waals surface area (Å²) in [4.78, 5) is 27.0. The maximum Gasteiger partial charge on any atom is 0.334 e. The molecule has 1 aromatic heterocycles. The molecule has 0 aliphatic heterocycles. The number of halogens is 3. The summed E-state index contributed by atoms with van der Waals surface area (Å²) in [7, 11) is 0. The summed E-state index contributed by atoms with van der Waals surface area (Å²) in [5.41, 5.74) is 0.870. The van der Waals surface area contributed by atoms with E-state index in [1.165, 1.54) is 0 Å². The number of nitrogens with one attached hydrogen (secondary N) is 1. The van der Waals surface area contributed by atoms with E-state index >= 15 is 0 Å². The van der Waals surface area contributed by atoms with Crippen LogP contribution in [0.2, 0.25) is 5.15 Å². The van der Waals surface area contributed by atoms with Crippen molar-refractivity contribution in [2.75, 3.05) is 0 Å². The van der Waals surface area contributed by atoms with E-state index < -0.39 is 11.2 Å². The molecule has 0 fully saturated rings. The molecule has 1 heterocycles. The molecular formula is C13H11Br2ClN2O2. The summed E-state index contributed by atoms with van der Waals surface area (Å²) in [6.45, 7) is 3.73. The van der Waals surface area contributed by atoms with Gasteiger partial charge < -0.3 is 0 Å². The predicted molar refractivity (Wildman–Crippen MR) is 87.2 cm³/mol. The Labute approximate surface area is 137 Å². The van der Waals surface area contributed by atoms with Gasteiger partial charge in [-0.1, -0.05) is 18.5 Å². The van der Waals surface area contributed by atoms with Gasteiger partial charge in [0.2, 0.25) is 0 Å². The standard InChI is InChI=1S/C13H11Br2ClN2O2/c1-3-7-11(16)17-13(20)18(12(7)19)10-8(14)4-6(2)5-9(10)15/h4-5H,3H2,1-2H3,(H,17,20). The van der Waals surface area contributed by atoms with E-state index in [0.717, 1.165) is 10.1 Å². The molecule has 0 saturated heterocycles. The molecule has 0 bridgehead atoms. The fourth-order valence-electron chi connectivity index (χ4n) is 1.96. The summed E-state index contributed by atoms with van der Waals surface area (Å²) < 4.78 is 2.39. The molecule has 0 radical (unpaired) electrons. The van der Waals surface area contributed by atoms with E-state index in [-0.39, 0.29) is 5.15 Å². The Morgan fingerprint density at radius 3 is 2.30 bits per heavy atom. The lowest BCUT2D eigenvalue weighted by Gasteiger charge is -2.12. The third kappa shape index (κ3) is 2.64. The number of aromatic amines is 1. The number of hydrogen-bond donors (Lipinski definition) is 1. The van der Waals surface area contributed by atoms with Crippen molar-refractivity contribution in [1.82, 2.24) is 9.55 Å². The van der Waals surface area contributed by atoms with Crippen molar-refractivity contribution in [1.29, 1.82) is 0 Å². The first-order valence-electron chi connectivity index (χ1n) is 5.86. The zero-order valence-electron chi connectivity index (χ0n) is 10.8. The lowest BCUT2D eigenvalue weighted by molar-refractivity contribution is 0.835. The molecule has 0 spiro atoms. The van der Waals surface area contributed by atoms with Gasteiger partial charge in [-0.2, -0.15) is 0 Å². The van der Waals surface area contributed by atoms with Crippen LogP contribution in [-0.2, 0) is 6.42 Å². The summed E-state index contributed by atoms with van der Waals surface area (Å²) in [5.74, 6) is 0. The van der Waals surface area contributed by atoms with Crippen molar-refractivity contribution in [3.63, 3.8) is 0 Å². The normalized spacial score (nSPS) is 10.8. The van der Waals surface area contributed by atoms with Gasteiger partial charge in [-0.05, 0) is 62.9 Å². The number of aryl methyl sites for hydroxylation is 1. The molecule has 1 aromatic carbocycles. The first-order valence-corrected chi connectivity index (χ1v) is 7.83. The van der Waals surface area contributed by atoms with E-state index in [1.54, 1.807) is 0 Å². The minimum Gasteiger partial charge on any atom is -0.297 e. The zero-order valence-corrected chi connectivity index (χ0v) is 14.7. The Morgan fingerprint density at radius 2 is 1.80 bits per heavy atom. The maximum absolute atomic E-state index is 12.4. The van der Waals surface area contributed by atoms with Gasteiger partial charge in [-0.3, -0.25) is 9.78 Å². The second-order valence-electron chi connectivity index (χ2n) is 4.29. The largest absolute Gasteiger partial charge is 0.334 e. The molecule has 0 aliphatic carbocycles. The summed E-state index contributed by atoms with van der Waals surface area (Å²) in [6, 6.07) is 3.68. The highest BCUT2D eigenvalue weighted by molar-refractivity contribution is 9.11. The Hall–Kier alpha value is -0.850. The van der Waals surface area contributed by atoms with Crippen LogP contribution in [0.15, 0.2) is 30.7 Å². The van der Waals surface area contributed by atoms with Crippen LogP contribution in [0.4, 0.5) is 0 Å². The van der Waals surface area contributed by atoms with Crippen LogP contribution >= 0.6 is 43.5 Å².